The Labute approximate surface area is 164 Å². The first kappa shape index (κ1) is 20.0. The van der Waals surface area contributed by atoms with Crippen molar-refractivity contribution in [2.24, 2.45) is 5.10 Å². The number of hydrogen-bond acceptors (Lipinski definition) is 4. The SMILES string of the molecule is CCNC(=S)NN=Cc1cc(Cl)c(OCc2ccc(C)cc2)c(OC)c1. The Balaban J connectivity index is 2.09. The summed E-state index contributed by atoms with van der Waals surface area (Å²) >= 11 is 11.4. The predicted octanol–water partition coefficient (Wildman–Crippen LogP) is 4.05. The number of halogens is 1. The summed E-state index contributed by atoms with van der Waals surface area (Å²) in [6, 6.07) is 11.7. The lowest BCUT2D eigenvalue weighted by atomic mass is 10.1. The molecule has 0 unspecified atom stereocenters. The van der Waals surface area contributed by atoms with Crippen LogP contribution >= 0.6 is 23.8 Å². The van der Waals surface area contributed by atoms with Gasteiger partial charge >= 0.3 is 0 Å². The maximum Gasteiger partial charge on any atom is 0.186 e. The van der Waals surface area contributed by atoms with E-state index in [2.05, 4.69) is 15.8 Å². The molecule has 0 aliphatic rings. The highest BCUT2D eigenvalue weighted by molar-refractivity contribution is 7.80. The Morgan fingerprint density at radius 3 is 2.65 bits per heavy atom. The first-order chi connectivity index (χ1) is 12.5. The third-order valence-corrected chi connectivity index (χ3v) is 3.99. The zero-order chi connectivity index (χ0) is 18.9. The number of nitrogens with one attached hydrogen (secondary N) is 2. The lowest BCUT2D eigenvalue weighted by molar-refractivity contribution is 0.284. The lowest BCUT2D eigenvalue weighted by Gasteiger charge is -2.13. The number of rotatable bonds is 7. The number of thiocarbonyl (C=S) groups is 1. The van der Waals surface area contributed by atoms with Crippen LogP contribution in [-0.4, -0.2) is 25.0 Å². The van der Waals surface area contributed by atoms with Gasteiger partial charge in [-0.05, 0) is 49.3 Å². The summed E-state index contributed by atoms with van der Waals surface area (Å²) in [6.07, 6.45) is 1.61. The molecule has 0 fully saturated rings. The molecule has 0 aromatic heterocycles. The predicted molar refractivity (Wildman–Crippen MR) is 111 cm³/mol. The minimum atomic E-state index is 0.405. The number of benzene rings is 2. The zero-order valence-electron chi connectivity index (χ0n) is 15.0. The molecule has 5 nitrogen and oxygen atoms in total. The van der Waals surface area contributed by atoms with Crippen LogP contribution < -0.4 is 20.2 Å². The summed E-state index contributed by atoms with van der Waals surface area (Å²) in [5, 5.41) is 7.93. The second-order valence-corrected chi connectivity index (χ2v) is 6.35. The van der Waals surface area contributed by atoms with Crippen molar-refractivity contribution >= 4 is 35.1 Å². The monoisotopic (exact) mass is 391 g/mol. The maximum atomic E-state index is 6.37. The van der Waals surface area contributed by atoms with Crippen LogP contribution in [0.2, 0.25) is 5.02 Å². The van der Waals surface area contributed by atoms with E-state index in [1.165, 1.54) is 5.56 Å². The minimum absolute atomic E-state index is 0.405. The Morgan fingerprint density at radius 2 is 2.00 bits per heavy atom. The molecule has 7 heteroatoms. The van der Waals surface area contributed by atoms with Gasteiger partial charge < -0.3 is 14.8 Å². The van der Waals surface area contributed by atoms with Crippen LogP contribution in [0.3, 0.4) is 0 Å². The van der Waals surface area contributed by atoms with Crippen molar-refractivity contribution in [1.82, 2.24) is 10.7 Å². The van der Waals surface area contributed by atoms with E-state index in [1.54, 1.807) is 25.5 Å². The van der Waals surface area contributed by atoms with Crippen LogP contribution in [0.25, 0.3) is 0 Å². The summed E-state index contributed by atoms with van der Waals surface area (Å²) in [7, 11) is 1.57. The molecule has 2 rings (SSSR count). The topological polar surface area (TPSA) is 54.9 Å². The van der Waals surface area contributed by atoms with Gasteiger partial charge in [0.15, 0.2) is 16.6 Å². The Bertz CT molecular complexity index is 779. The van der Waals surface area contributed by atoms with Gasteiger partial charge in [0, 0.05) is 6.54 Å². The van der Waals surface area contributed by atoms with E-state index in [0.29, 0.717) is 28.2 Å². The van der Waals surface area contributed by atoms with E-state index in [9.17, 15) is 0 Å². The van der Waals surface area contributed by atoms with Crippen LogP contribution in [0.15, 0.2) is 41.5 Å². The zero-order valence-corrected chi connectivity index (χ0v) is 16.6. The summed E-state index contributed by atoms with van der Waals surface area (Å²) in [4.78, 5) is 0. The number of nitrogens with zero attached hydrogens (tertiary/aromatic N) is 1. The first-order valence-corrected chi connectivity index (χ1v) is 8.95. The van der Waals surface area contributed by atoms with Gasteiger partial charge in [0.2, 0.25) is 0 Å². The molecule has 2 N–H and O–H groups in total. The van der Waals surface area contributed by atoms with Gasteiger partial charge in [0.05, 0.1) is 18.3 Å². The average molecular weight is 392 g/mol. The average Bonchev–Trinajstić information content (AvgIpc) is 2.62. The molecule has 2 aromatic carbocycles. The molecule has 0 atom stereocenters. The van der Waals surface area contributed by atoms with Crippen molar-refractivity contribution in [3.63, 3.8) is 0 Å². The van der Waals surface area contributed by atoms with Crippen LogP contribution in [0.1, 0.15) is 23.6 Å². The molecule has 0 aliphatic heterocycles. The molecule has 2 aromatic rings. The lowest BCUT2D eigenvalue weighted by Crippen LogP contribution is -2.31. The number of methoxy groups -OCH3 is 1. The van der Waals surface area contributed by atoms with Gasteiger partial charge in [-0.25, -0.2) is 0 Å². The van der Waals surface area contributed by atoms with Gasteiger partial charge in [0.25, 0.3) is 0 Å². The molecule has 138 valence electrons. The second-order valence-electron chi connectivity index (χ2n) is 5.54. The third-order valence-electron chi connectivity index (χ3n) is 3.47. The highest BCUT2D eigenvalue weighted by Gasteiger charge is 2.12. The fourth-order valence-electron chi connectivity index (χ4n) is 2.16. The van der Waals surface area contributed by atoms with E-state index < -0.39 is 0 Å². The smallest absolute Gasteiger partial charge is 0.186 e. The quantitative estimate of drug-likeness (QED) is 0.423. The van der Waals surface area contributed by atoms with Crippen molar-refractivity contribution in [3.05, 3.63) is 58.1 Å². The minimum Gasteiger partial charge on any atom is -0.493 e. The molecular formula is C19H22ClN3O2S. The fourth-order valence-corrected chi connectivity index (χ4v) is 2.63. The molecule has 0 amide bonds. The highest BCUT2D eigenvalue weighted by atomic mass is 35.5. The van der Waals surface area contributed by atoms with Gasteiger partial charge in [-0.1, -0.05) is 41.4 Å². The van der Waals surface area contributed by atoms with Crippen molar-refractivity contribution in [2.45, 2.75) is 20.5 Å². The van der Waals surface area contributed by atoms with Crippen molar-refractivity contribution in [2.75, 3.05) is 13.7 Å². The summed E-state index contributed by atoms with van der Waals surface area (Å²) in [5.74, 6) is 1.04. The van der Waals surface area contributed by atoms with E-state index >= 15 is 0 Å². The van der Waals surface area contributed by atoms with E-state index in [4.69, 9.17) is 33.3 Å². The summed E-state index contributed by atoms with van der Waals surface area (Å²) in [6.45, 7) is 5.14. The molecule has 26 heavy (non-hydrogen) atoms. The van der Waals surface area contributed by atoms with Crippen LogP contribution in [0, 0.1) is 6.92 Å². The van der Waals surface area contributed by atoms with Gasteiger partial charge in [-0.15, -0.1) is 0 Å². The van der Waals surface area contributed by atoms with Gasteiger partial charge in [-0.2, -0.15) is 5.10 Å². The van der Waals surface area contributed by atoms with Crippen LogP contribution in [-0.2, 0) is 6.61 Å². The molecule has 0 saturated carbocycles. The standard InChI is InChI=1S/C19H22ClN3O2S/c1-4-21-19(26)23-22-11-15-9-16(20)18(17(10-15)24-3)25-12-14-7-5-13(2)6-8-14/h5-11H,4,12H2,1-3H3,(H2,21,23,26). The number of hydrazone groups is 1. The first-order valence-electron chi connectivity index (χ1n) is 8.16. The maximum absolute atomic E-state index is 6.37. The summed E-state index contributed by atoms with van der Waals surface area (Å²) in [5.41, 5.74) is 5.75. The molecule has 0 heterocycles. The van der Waals surface area contributed by atoms with Crippen molar-refractivity contribution in [1.29, 1.82) is 0 Å². The second kappa shape index (κ2) is 9.99. The number of aryl methyl sites for hydroxylation is 1. The molecule has 0 spiro atoms. The molecule has 0 bridgehead atoms. The van der Waals surface area contributed by atoms with E-state index in [1.807, 2.05) is 38.1 Å². The third kappa shape index (κ3) is 5.89. The van der Waals surface area contributed by atoms with Gasteiger partial charge in [-0.3, -0.25) is 5.43 Å². The van der Waals surface area contributed by atoms with Gasteiger partial charge in [0.1, 0.15) is 6.61 Å². The highest BCUT2D eigenvalue weighted by Crippen LogP contribution is 2.36. The fraction of sp³-hybridized carbons (Fsp3) is 0.263. The molecule has 0 radical (unpaired) electrons. The Morgan fingerprint density at radius 1 is 1.27 bits per heavy atom. The van der Waals surface area contributed by atoms with Crippen molar-refractivity contribution in [3.8, 4) is 11.5 Å². The largest absolute Gasteiger partial charge is 0.493 e. The Hall–Kier alpha value is -2.31. The number of hydrogen-bond donors (Lipinski definition) is 2. The van der Waals surface area contributed by atoms with Crippen LogP contribution in [0.5, 0.6) is 11.5 Å². The Kier molecular flexibility index (Phi) is 7.69. The molecule has 0 saturated heterocycles. The molecule has 0 aliphatic carbocycles. The van der Waals surface area contributed by atoms with E-state index in [0.717, 1.165) is 17.7 Å². The number of ether oxygens (including phenoxy) is 2. The summed E-state index contributed by atoms with van der Waals surface area (Å²) < 4.78 is 11.3. The van der Waals surface area contributed by atoms with Crippen molar-refractivity contribution < 1.29 is 9.47 Å². The van der Waals surface area contributed by atoms with Crippen LogP contribution in [0.4, 0.5) is 0 Å². The normalized spacial score (nSPS) is 10.6. The molecular weight excluding hydrogens is 370 g/mol. The van der Waals surface area contributed by atoms with E-state index in [-0.39, 0.29) is 0 Å².